The van der Waals surface area contributed by atoms with Gasteiger partial charge < -0.3 is 9.84 Å². The number of pyridine rings is 1. The van der Waals surface area contributed by atoms with Crippen LogP contribution in [0.4, 0.5) is 4.39 Å². The summed E-state index contributed by atoms with van der Waals surface area (Å²) in [5.74, 6) is -0.463. The molecule has 0 amide bonds. The normalized spacial score (nSPS) is 14.9. The van der Waals surface area contributed by atoms with Crippen molar-refractivity contribution >= 4 is 0 Å². The van der Waals surface area contributed by atoms with Gasteiger partial charge in [0.1, 0.15) is 5.82 Å². The second kappa shape index (κ2) is 5.78. The van der Waals surface area contributed by atoms with Crippen LogP contribution in [-0.4, -0.2) is 23.3 Å². The summed E-state index contributed by atoms with van der Waals surface area (Å²) in [6.45, 7) is 1.91. The van der Waals surface area contributed by atoms with Crippen LogP contribution >= 0.6 is 0 Å². The second-order valence-electron chi connectivity index (χ2n) is 3.54. The maximum Gasteiger partial charge on any atom is 0.147 e. The van der Waals surface area contributed by atoms with E-state index in [1.165, 1.54) is 12.3 Å². The van der Waals surface area contributed by atoms with Crippen molar-refractivity contribution < 1.29 is 14.2 Å². The van der Waals surface area contributed by atoms with Crippen LogP contribution in [0.15, 0.2) is 18.5 Å². The largest absolute Gasteiger partial charge is 0.388 e. The summed E-state index contributed by atoms with van der Waals surface area (Å²) >= 11 is 0. The summed E-state index contributed by atoms with van der Waals surface area (Å²) in [4.78, 5) is 3.63. The molecule has 1 aromatic heterocycles. The minimum Gasteiger partial charge on any atom is -0.388 e. The molecule has 0 aromatic carbocycles. The first kappa shape index (κ1) is 12.1. The number of nitrogens with zero attached hydrogens (tertiary/aromatic N) is 1. The fraction of sp³-hybridized carbons (Fsp3) is 0.545. The smallest absolute Gasteiger partial charge is 0.147 e. The van der Waals surface area contributed by atoms with Gasteiger partial charge in [0.15, 0.2) is 0 Å². The Hall–Kier alpha value is -1.00. The molecule has 0 saturated heterocycles. The molecule has 0 fully saturated rings. The van der Waals surface area contributed by atoms with E-state index in [-0.39, 0.29) is 6.10 Å². The maximum atomic E-state index is 13.2. The first-order valence-electron chi connectivity index (χ1n) is 4.95. The molecule has 2 atom stereocenters. The lowest BCUT2D eigenvalue weighted by Crippen LogP contribution is -2.08. The molecule has 3 nitrogen and oxygen atoms in total. The van der Waals surface area contributed by atoms with Gasteiger partial charge in [-0.25, -0.2) is 4.39 Å². The van der Waals surface area contributed by atoms with Gasteiger partial charge in [0.25, 0.3) is 0 Å². The standard InChI is InChI=1S/C11H16FNO2/c1-8(15-2)3-4-11(14)9-5-6-13-7-10(9)12/h5-8,11,14H,3-4H2,1-2H3. The molecule has 0 aliphatic rings. The van der Waals surface area contributed by atoms with Crippen LogP contribution in [-0.2, 0) is 4.74 Å². The number of aromatic nitrogens is 1. The van der Waals surface area contributed by atoms with Crippen LogP contribution in [0, 0.1) is 5.82 Å². The molecule has 1 aromatic rings. The van der Waals surface area contributed by atoms with Crippen molar-refractivity contribution in [2.24, 2.45) is 0 Å². The summed E-state index contributed by atoms with van der Waals surface area (Å²) in [6.07, 6.45) is 3.05. The van der Waals surface area contributed by atoms with E-state index in [4.69, 9.17) is 4.74 Å². The lowest BCUT2D eigenvalue weighted by atomic mass is 10.0. The number of hydrogen-bond acceptors (Lipinski definition) is 3. The third-order valence-corrected chi connectivity index (χ3v) is 2.41. The predicted molar refractivity (Wildman–Crippen MR) is 54.9 cm³/mol. The van der Waals surface area contributed by atoms with Gasteiger partial charge in [-0.1, -0.05) is 0 Å². The number of aliphatic hydroxyl groups excluding tert-OH is 1. The van der Waals surface area contributed by atoms with E-state index in [1.54, 1.807) is 7.11 Å². The average molecular weight is 213 g/mol. The molecular weight excluding hydrogens is 197 g/mol. The van der Waals surface area contributed by atoms with Gasteiger partial charge in [0.05, 0.1) is 18.4 Å². The van der Waals surface area contributed by atoms with Crippen molar-refractivity contribution in [3.05, 3.63) is 29.8 Å². The monoisotopic (exact) mass is 213 g/mol. The molecule has 1 rings (SSSR count). The Labute approximate surface area is 88.9 Å². The van der Waals surface area contributed by atoms with Crippen LogP contribution in [0.5, 0.6) is 0 Å². The van der Waals surface area contributed by atoms with Gasteiger partial charge in [-0.2, -0.15) is 0 Å². The van der Waals surface area contributed by atoms with E-state index >= 15 is 0 Å². The van der Waals surface area contributed by atoms with Gasteiger partial charge in [-0.3, -0.25) is 4.98 Å². The average Bonchev–Trinajstić information content (AvgIpc) is 2.26. The van der Waals surface area contributed by atoms with Crippen molar-refractivity contribution in [2.45, 2.75) is 32.0 Å². The number of halogens is 1. The summed E-state index contributed by atoms with van der Waals surface area (Å²) in [5.41, 5.74) is 0.299. The van der Waals surface area contributed by atoms with E-state index in [0.29, 0.717) is 18.4 Å². The minimum atomic E-state index is -0.786. The van der Waals surface area contributed by atoms with Crippen LogP contribution in [0.25, 0.3) is 0 Å². The van der Waals surface area contributed by atoms with Crippen LogP contribution in [0.3, 0.4) is 0 Å². The van der Waals surface area contributed by atoms with Crippen molar-refractivity contribution in [3.63, 3.8) is 0 Å². The van der Waals surface area contributed by atoms with Crippen molar-refractivity contribution in [1.29, 1.82) is 0 Å². The third kappa shape index (κ3) is 3.57. The second-order valence-corrected chi connectivity index (χ2v) is 3.54. The fourth-order valence-corrected chi connectivity index (χ4v) is 1.32. The van der Waals surface area contributed by atoms with Crippen LogP contribution < -0.4 is 0 Å². The quantitative estimate of drug-likeness (QED) is 0.814. The molecule has 0 bridgehead atoms. The maximum absolute atomic E-state index is 13.2. The van der Waals surface area contributed by atoms with Crippen molar-refractivity contribution in [1.82, 2.24) is 4.98 Å². The molecule has 2 unspecified atom stereocenters. The van der Waals surface area contributed by atoms with Gasteiger partial charge in [0.2, 0.25) is 0 Å². The van der Waals surface area contributed by atoms with Gasteiger partial charge in [0, 0.05) is 18.9 Å². The Kier molecular flexibility index (Phi) is 4.65. The van der Waals surface area contributed by atoms with Gasteiger partial charge in [-0.15, -0.1) is 0 Å². The summed E-state index contributed by atoms with van der Waals surface area (Å²) in [7, 11) is 1.62. The Morgan fingerprint density at radius 1 is 1.53 bits per heavy atom. The first-order valence-corrected chi connectivity index (χ1v) is 4.95. The number of methoxy groups -OCH3 is 1. The van der Waals surface area contributed by atoms with E-state index < -0.39 is 11.9 Å². The van der Waals surface area contributed by atoms with Gasteiger partial charge >= 0.3 is 0 Å². The molecule has 0 spiro atoms. The predicted octanol–water partition coefficient (Wildman–Crippen LogP) is 2.07. The molecule has 0 aliphatic carbocycles. The Morgan fingerprint density at radius 3 is 2.87 bits per heavy atom. The third-order valence-electron chi connectivity index (χ3n) is 2.41. The number of aliphatic hydroxyl groups is 1. The van der Waals surface area contributed by atoms with Gasteiger partial charge in [-0.05, 0) is 25.8 Å². The van der Waals surface area contributed by atoms with E-state index in [2.05, 4.69) is 4.98 Å². The zero-order valence-electron chi connectivity index (χ0n) is 8.98. The summed E-state index contributed by atoms with van der Waals surface area (Å²) in [6, 6.07) is 1.50. The molecule has 0 aliphatic heterocycles. The topological polar surface area (TPSA) is 42.4 Å². The summed E-state index contributed by atoms with van der Waals surface area (Å²) in [5, 5.41) is 9.72. The van der Waals surface area contributed by atoms with Crippen molar-refractivity contribution in [3.8, 4) is 0 Å². The first-order chi connectivity index (χ1) is 7.15. The number of rotatable bonds is 5. The molecular formula is C11H16FNO2. The zero-order chi connectivity index (χ0) is 11.3. The highest BCUT2D eigenvalue weighted by atomic mass is 19.1. The summed E-state index contributed by atoms with van der Waals surface area (Å²) < 4.78 is 18.2. The molecule has 4 heteroatoms. The SMILES string of the molecule is COC(C)CCC(O)c1ccncc1F. The van der Waals surface area contributed by atoms with Crippen LogP contribution in [0.1, 0.15) is 31.4 Å². The van der Waals surface area contributed by atoms with Crippen LogP contribution in [0.2, 0.25) is 0 Å². The Balaban J connectivity index is 2.54. The van der Waals surface area contributed by atoms with E-state index in [1.807, 2.05) is 6.92 Å². The molecule has 0 saturated carbocycles. The van der Waals surface area contributed by atoms with E-state index in [0.717, 1.165) is 6.20 Å². The molecule has 1 N–H and O–H groups in total. The molecule has 15 heavy (non-hydrogen) atoms. The van der Waals surface area contributed by atoms with E-state index in [9.17, 15) is 9.50 Å². The highest BCUT2D eigenvalue weighted by Gasteiger charge is 2.13. The van der Waals surface area contributed by atoms with Crippen molar-refractivity contribution in [2.75, 3.05) is 7.11 Å². The number of ether oxygens (including phenoxy) is 1. The molecule has 0 radical (unpaired) electrons. The Bertz CT molecular complexity index is 306. The highest BCUT2D eigenvalue weighted by molar-refractivity contribution is 5.15. The highest BCUT2D eigenvalue weighted by Crippen LogP contribution is 2.21. The fourth-order valence-electron chi connectivity index (χ4n) is 1.32. The molecule has 1 heterocycles. The number of hydrogen-bond donors (Lipinski definition) is 1. The lowest BCUT2D eigenvalue weighted by Gasteiger charge is -2.14. The Morgan fingerprint density at radius 2 is 2.27 bits per heavy atom. The zero-order valence-corrected chi connectivity index (χ0v) is 8.98. The molecule has 84 valence electrons. The minimum absolute atomic E-state index is 0.0737. The lowest BCUT2D eigenvalue weighted by molar-refractivity contribution is 0.0840.